The molecular formula is C8H13IO2. The molecule has 0 unspecified atom stereocenters. The van der Waals surface area contributed by atoms with Gasteiger partial charge >= 0.3 is 5.97 Å². The van der Waals surface area contributed by atoms with E-state index in [0.29, 0.717) is 0 Å². The van der Waals surface area contributed by atoms with E-state index in [9.17, 15) is 4.79 Å². The maximum atomic E-state index is 11.3. The summed E-state index contributed by atoms with van der Waals surface area (Å²) in [6, 6.07) is 0. The zero-order valence-electron chi connectivity index (χ0n) is 6.73. The van der Waals surface area contributed by atoms with Gasteiger partial charge in [-0.15, -0.1) is 0 Å². The molecule has 1 fully saturated rings. The number of esters is 1. The average Bonchev–Trinajstić information content (AvgIpc) is 2.52. The van der Waals surface area contributed by atoms with Gasteiger partial charge in [0, 0.05) is 4.43 Å². The van der Waals surface area contributed by atoms with Crippen molar-refractivity contribution in [2.45, 2.75) is 25.7 Å². The van der Waals surface area contributed by atoms with Gasteiger partial charge in [0.05, 0.1) is 12.5 Å². The Balaban J connectivity index is 2.66. The number of hydrogen-bond acceptors (Lipinski definition) is 2. The number of ether oxygens (including phenoxy) is 1. The summed E-state index contributed by atoms with van der Waals surface area (Å²) >= 11 is 2.28. The van der Waals surface area contributed by atoms with Gasteiger partial charge in [-0.05, 0) is 12.8 Å². The molecule has 1 aliphatic rings. The second kappa shape index (κ2) is 3.74. The van der Waals surface area contributed by atoms with Crippen molar-refractivity contribution >= 4 is 28.6 Å². The molecule has 0 spiro atoms. The normalized spacial score (nSPS) is 21.6. The third-order valence-electron chi connectivity index (χ3n) is 2.43. The van der Waals surface area contributed by atoms with Crippen molar-refractivity contribution in [2.75, 3.05) is 11.5 Å². The minimum Gasteiger partial charge on any atom is -0.469 e. The monoisotopic (exact) mass is 268 g/mol. The van der Waals surface area contributed by atoms with Crippen molar-refractivity contribution in [2.24, 2.45) is 5.41 Å². The molecule has 0 atom stereocenters. The Bertz CT molecular complexity index is 150. The molecule has 0 aliphatic heterocycles. The topological polar surface area (TPSA) is 26.3 Å². The molecule has 0 aromatic carbocycles. The Morgan fingerprint density at radius 2 is 2.09 bits per heavy atom. The van der Waals surface area contributed by atoms with Gasteiger partial charge in [0.1, 0.15) is 0 Å². The van der Waals surface area contributed by atoms with E-state index in [1.165, 1.54) is 20.0 Å². The number of carbonyl (C=O) groups excluding carboxylic acids is 1. The van der Waals surface area contributed by atoms with Gasteiger partial charge in [-0.2, -0.15) is 0 Å². The Morgan fingerprint density at radius 1 is 1.55 bits per heavy atom. The van der Waals surface area contributed by atoms with Crippen LogP contribution in [0.3, 0.4) is 0 Å². The highest BCUT2D eigenvalue weighted by atomic mass is 127. The summed E-state index contributed by atoms with van der Waals surface area (Å²) in [5.41, 5.74) is -0.130. The second-order valence-corrected chi connectivity index (χ2v) is 3.88. The van der Waals surface area contributed by atoms with Crippen molar-refractivity contribution < 1.29 is 9.53 Å². The summed E-state index contributed by atoms with van der Waals surface area (Å²) in [7, 11) is 1.48. The lowest BCUT2D eigenvalue weighted by atomic mass is 9.89. The highest BCUT2D eigenvalue weighted by Crippen LogP contribution is 2.40. The predicted molar refractivity (Wildman–Crippen MR) is 51.8 cm³/mol. The molecule has 0 heterocycles. The summed E-state index contributed by atoms with van der Waals surface area (Å²) in [5.74, 6) is -0.00981. The van der Waals surface area contributed by atoms with Crippen LogP contribution in [0.25, 0.3) is 0 Å². The van der Waals surface area contributed by atoms with Crippen LogP contribution < -0.4 is 0 Å². The van der Waals surface area contributed by atoms with Crippen LogP contribution in [0.4, 0.5) is 0 Å². The van der Waals surface area contributed by atoms with Crippen molar-refractivity contribution in [1.82, 2.24) is 0 Å². The lowest BCUT2D eigenvalue weighted by Gasteiger charge is -2.22. The highest BCUT2D eigenvalue weighted by molar-refractivity contribution is 14.1. The first-order chi connectivity index (χ1) is 5.25. The number of carbonyl (C=O) groups is 1. The van der Waals surface area contributed by atoms with Crippen LogP contribution in [0.15, 0.2) is 0 Å². The minimum absolute atomic E-state index is 0.00981. The molecule has 0 N–H and O–H groups in total. The van der Waals surface area contributed by atoms with E-state index >= 15 is 0 Å². The van der Waals surface area contributed by atoms with Crippen molar-refractivity contribution in [3.63, 3.8) is 0 Å². The number of methoxy groups -OCH3 is 1. The van der Waals surface area contributed by atoms with E-state index in [0.717, 1.165) is 17.3 Å². The number of halogens is 1. The van der Waals surface area contributed by atoms with E-state index < -0.39 is 0 Å². The summed E-state index contributed by atoms with van der Waals surface area (Å²) in [6.45, 7) is 0. The van der Waals surface area contributed by atoms with Gasteiger partial charge < -0.3 is 4.74 Å². The Morgan fingerprint density at radius 3 is 2.45 bits per heavy atom. The number of rotatable bonds is 2. The molecule has 1 rings (SSSR count). The molecule has 0 bridgehead atoms. The molecule has 1 saturated carbocycles. The van der Waals surface area contributed by atoms with Gasteiger partial charge in [-0.25, -0.2) is 0 Å². The first-order valence-electron chi connectivity index (χ1n) is 3.89. The predicted octanol–water partition coefficient (Wildman–Crippen LogP) is 2.15. The van der Waals surface area contributed by atoms with E-state index in [4.69, 9.17) is 4.74 Å². The number of hydrogen-bond donors (Lipinski definition) is 0. The fourth-order valence-corrected chi connectivity index (χ4v) is 2.73. The maximum absolute atomic E-state index is 11.3. The van der Waals surface area contributed by atoms with Crippen LogP contribution in [0.1, 0.15) is 25.7 Å². The molecule has 3 heteroatoms. The van der Waals surface area contributed by atoms with E-state index in [1.54, 1.807) is 0 Å². The van der Waals surface area contributed by atoms with Crippen LogP contribution in [0, 0.1) is 5.41 Å². The van der Waals surface area contributed by atoms with E-state index in [-0.39, 0.29) is 11.4 Å². The molecule has 0 aromatic heterocycles. The third kappa shape index (κ3) is 1.68. The second-order valence-electron chi connectivity index (χ2n) is 3.11. The van der Waals surface area contributed by atoms with Crippen LogP contribution in [-0.4, -0.2) is 17.5 Å². The zero-order valence-corrected chi connectivity index (χ0v) is 8.89. The highest BCUT2D eigenvalue weighted by Gasteiger charge is 2.40. The fraction of sp³-hybridized carbons (Fsp3) is 0.875. The molecule has 0 saturated heterocycles. The first kappa shape index (κ1) is 9.29. The molecule has 0 radical (unpaired) electrons. The maximum Gasteiger partial charge on any atom is 0.312 e. The van der Waals surface area contributed by atoms with Crippen molar-refractivity contribution in [3.05, 3.63) is 0 Å². The van der Waals surface area contributed by atoms with Crippen molar-refractivity contribution in [1.29, 1.82) is 0 Å². The minimum atomic E-state index is -0.130. The Labute approximate surface area is 80.8 Å². The lowest BCUT2D eigenvalue weighted by molar-refractivity contribution is -0.150. The van der Waals surface area contributed by atoms with Gasteiger partial charge in [-0.1, -0.05) is 35.4 Å². The quantitative estimate of drug-likeness (QED) is 0.436. The van der Waals surface area contributed by atoms with Crippen molar-refractivity contribution in [3.8, 4) is 0 Å². The summed E-state index contributed by atoms with van der Waals surface area (Å²) in [4.78, 5) is 11.3. The summed E-state index contributed by atoms with van der Waals surface area (Å²) < 4.78 is 5.68. The lowest BCUT2D eigenvalue weighted by Crippen LogP contribution is -2.30. The van der Waals surface area contributed by atoms with E-state index in [2.05, 4.69) is 22.6 Å². The third-order valence-corrected chi connectivity index (χ3v) is 3.90. The van der Waals surface area contributed by atoms with Crippen LogP contribution in [0.2, 0.25) is 0 Å². The van der Waals surface area contributed by atoms with Gasteiger partial charge in [0.25, 0.3) is 0 Å². The average molecular weight is 268 g/mol. The molecule has 0 aromatic rings. The molecule has 0 amide bonds. The smallest absolute Gasteiger partial charge is 0.312 e. The SMILES string of the molecule is COC(=O)C1(CI)CCCC1. The fourth-order valence-electron chi connectivity index (χ4n) is 1.66. The van der Waals surface area contributed by atoms with Gasteiger partial charge in [0.2, 0.25) is 0 Å². The summed E-state index contributed by atoms with van der Waals surface area (Å²) in [5, 5.41) is 0. The van der Waals surface area contributed by atoms with Crippen LogP contribution >= 0.6 is 22.6 Å². The Kier molecular flexibility index (Phi) is 3.16. The number of alkyl halides is 1. The molecular weight excluding hydrogens is 255 g/mol. The first-order valence-corrected chi connectivity index (χ1v) is 5.42. The van der Waals surface area contributed by atoms with E-state index in [1.807, 2.05) is 0 Å². The molecule has 64 valence electrons. The molecule has 11 heavy (non-hydrogen) atoms. The largest absolute Gasteiger partial charge is 0.469 e. The molecule has 2 nitrogen and oxygen atoms in total. The van der Waals surface area contributed by atoms with Gasteiger partial charge in [-0.3, -0.25) is 4.79 Å². The Hall–Kier alpha value is 0.200. The molecule has 1 aliphatic carbocycles. The zero-order chi connectivity index (χ0) is 8.32. The summed E-state index contributed by atoms with van der Waals surface area (Å²) in [6.07, 6.45) is 4.39. The standard InChI is InChI=1S/C8H13IO2/c1-11-7(10)8(6-9)4-2-3-5-8/h2-6H2,1H3. The van der Waals surface area contributed by atoms with Gasteiger partial charge in [0.15, 0.2) is 0 Å². The van der Waals surface area contributed by atoms with Crippen LogP contribution in [0.5, 0.6) is 0 Å². The van der Waals surface area contributed by atoms with Crippen LogP contribution in [-0.2, 0) is 9.53 Å².